The van der Waals surface area contributed by atoms with Crippen LogP contribution in [0, 0.1) is 46.5 Å². The maximum atomic E-state index is 14.0. The SMILES string of the molecule is CC(C)(C)c1c(F)c(F)c(C(C)(C)C)c(F)c1F.CC(C)(C)c1cc(Cl)c(C(C)(C)C)cc1F.CC(C)(C)c1cc(F)c(C(C)(C)C)c(F)c1.CC(C)(C)c1ccc(C(C)(C)C)c(F)c1. The van der Waals surface area contributed by atoms with Gasteiger partial charge in [-0.1, -0.05) is 190 Å². The van der Waals surface area contributed by atoms with Gasteiger partial charge < -0.3 is 0 Å². The second-order valence-corrected chi connectivity index (χ2v) is 25.7. The van der Waals surface area contributed by atoms with E-state index in [9.17, 15) is 35.1 Å². The number of rotatable bonds is 0. The van der Waals surface area contributed by atoms with Crippen molar-refractivity contribution in [1.82, 2.24) is 0 Å². The van der Waals surface area contributed by atoms with Gasteiger partial charge in [0.05, 0.1) is 0 Å². The topological polar surface area (TPSA) is 0 Å². The third-order valence-electron chi connectivity index (χ3n) is 10.7. The standard InChI is InChI=1S/C14H20ClF.C14H18F4.C14H20F2.C14H21F/c1-13(2,3)9-8-12(16)10(7-11(9)15)14(4,5)6;1-13(2,3)7-9(15)11(17)8(14(4,5)6)12(18)10(7)16;1-13(2,3)9-7-10(15)12(11(16)8-9)14(4,5)6;1-13(2,3)10-7-8-11(12(15)9-10)14(4,5)6/h7-8H,1-6H3;1-6H3;7-8H,1-6H3;7-9H,1-6H3. The number of benzene rings is 4. The number of hydrogen-bond donors (Lipinski definition) is 0. The molecule has 0 spiro atoms. The van der Waals surface area contributed by atoms with Crippen molar-refractivity contribution >= 4 is 11.6 Å². The molecule has 0 aliphatic carbocycles. The van der Waals surface area contributed by atoms with Crippen LogP contribution in [-0.4, -0.2) is 0 Å². The Morgan fingerprint density at radius 2 is 0.569 bits per heavy atom. The highest BCUT2D eigenvalue weighted by atomic mass is 35.5. The summed E-state index contributed by atoms with van der Waals surface area (Å²) in [6, 6.07) is 11.8. The first-order chi connectivity index (χ1) is 28.6. The smallest absolute Gasteiger partial charge is 0.165 e. The van der Waals surface area contributed by atoms with Gasteiger partial charge in [-0.3, -0.25) is 0 Å². The van der Waals surface area contributed by atoms with Crippen LogP contribution in [-0.2, 0) is 43.3 Å². The van der Waals surface area contributed by atoms with Crippen molar-refractivity contribution < 1.29 is 35.1 Å². The van der Waals surface area contributed by atoms with Crippen molar-refractivity contribution in [2.45, 2.75) is 209 Å². The molecule has 0 atom stereocenters. The first-order valence-electron chi connectivity index (χ1n) is 22.2. The number of halogens is 9. The molecule has 0 aliphatic heterocycles. The molecule has 0 bridgehead atoms. The lowest BCUT2D eigenvalue weighted by molar-refractivity contribution is 0.373. The molecule has 0 fully saturated rings. The molecule has 0 unspecified atom stereocenters. The van der Waals surface area contributed by atoms with E-state index in [1.807, 2.05) is 116 Å². The summed E-state index contributed by atoms with van der Waals surface area (Å²) in [7, 11) is 0. The van der Waals surface area contributed by atoms with Crippen LogP contribution in [0.3, 0.4) is 0 Å². The van der Waals surface area contributed by atoms with E-state index >= 15 is 0 Å². The van der Waals surface area contributed by atoms with Crippen LogP contribution in [0.4, 0.5) is 35.1 Å². The fraction of sp³-hybridized carbons (Fsp3) is 0.571. The zero-order valence-electron chi connectivity index (χ0n) is 43.9. The Bertz CT molecular complexity index is 2130. The molecule has 4 rings (SSSR count). The van der Waals surface area contributed by atoms with Gasteiger partial charge in [-0.25, -0.2) is 35.1 Å². The van der Waals surface area contributed by atoms with Crippen LogP contribution in [0.5, 0.6) is 0 Å². The van der Waals surface area contributed by atoms with Crippen LogP contribution in [0.2, 0.25) is 5.02 Å². The molecule has 0 aromatic heterocycles. The van der Waals surface area contributed by atoms with Gasteiger partial charge in [-0.15, -0.1) is 0 Å². The fourth-order valence-electron chi connectivity index (χ4n) is 6.96. The maximum Gasteiger partial charge on any atom is 0.165 e. The summed E-state index contributed by atoms with van der Waals surface area (Å²) in [5.41, 5.74) is -0.0992. The molecule has 4 aromatic rings. The van der Waals surface area contributed by atoms with Crippen LogP contribution in [0.15, 0.2) is 42.5 Å². The Morgan fingerprint density at radius 1 is 0.277 bits per heavy atom. The highest BCUT2D eigenvalue weighted by molar-refractivity contribution is 6.31. The van der Waals surface area contributed by atoms with Crippen molar-refractivity contribution in [3.63, 3.8) is 0 Å². The normalized spacial score (nSPS) is 13.0. The van der Waals surface area contributed by atoms with Crippen LogP contribution in [0.1, 0.15) is 211 Å². The third-order valence-corrected chi connectivity index (χ3v) is 11.1. The lowest BCUT2D eigenvalue weighted by atomic mass is 9.80. The summed E-state index contributed by atoms with van der Waals surface area (Å²) >= 11 is 6.23. The van der Waals surface area contributed by atoms with Crippen molar-refractivity contribution in [1.29, 1.82) is 0 Å². The molecule has 4 aromatic carbocycles. The highest BCUT2D eigenvalue weighted by Gasteiger charge is 2.36. The average molecular weight is 940 g/mol. The first-order valence-corrected chi connectivity index (χ1v) is 22.6. The minimum absolute atomic E-state index is 0.0112. The average Bonchev–Trinajstić information content (AvgIpc) is 3.05. The zero-order valence-corrected chi connectivity index (χ0v) is 44.7. The summed E-state index contributed by atoms with van der Waals surface area (Å²) < 4.78 is 111. The molecule has 0 saturated carbocycles. The van der Waals surface area contributed by atoms with E-state index in [4.69, 9.17) is 11.6 Å². The zero-order chi connectivity index (χ0) is 51.8. The summed E-state index contributed by atoms with van der Waals surface area (Å²) in [6.07, 6.45) is 0. The summed E-state index contributed by atoms with van der Waals surface area (Å²) in [6.45, 7) is 44.7. The van der Waals surface area contributed by atoms with E-state index in [1.54, 1.807) is 18.2 Å². The monoisotopic (exact) mass is 939 g/mol. The lowest BCUT2D eigenvalue weighted by Crippen LogP contribution is -2.24. The summed E-state index contributed by atoms with van der Waals surface area (Å²) in [4.78, 5) is 0. The predicted molar refractivity (Wildman–Crippen MR) is 260 cm³/mol. The van der Waals surface area contributed by atoms with Crippen molar-refractivity contribution in [3.05, 3.63) is 139 Å². The lowest BCUT2D eigenvalue weighted by Gasteiger charge is -2.26. The van der Waals surface area contributed by atoms with Gasteiger partial charge in [0, 0.05) is 21.7 Å². The van der Waals surface area contributed by atoms with Crippen LogP contribution < -0.4 is 0 Å². The summed E-state index contributed by atoms with van der Waals surface area (Å²) in [5.74, 6) is -6.35. The van der Waals surface area contributed by atoms with E-state index in [0.717, 1.165) is 16.7 Å². The molecule has 366 valence electrons. The van der Waals surface area contributed by atoms with E-state index < -0.39 is 62.3 Å². The van der Waals surface area contributed by atoms with Gasteiger partial charge >= 0.3 is 0 Å². The minimum Gasteiger partial charge on any atom is -0.207 e. The molecule has 0 heterocycles. The van der Waals surface area contributed by atoms with Gasteiger partial charge in [0.1, 0.15) is 23.3 Å². The molecular weight excluding hydrogens is 860 g/mol. The van der Waals surface area contributed by atoms with Crippen molar-refractivity contribution in [3.8, 4) is 0 Å². The molecule has 0 amide bonds. The molecule has 0 N–H and O–H groups in total. The summed E-state index contributed by atoms with van der Waals surface area (Å²) in [5, 5.41) is 0.652. The Labute approximate surface area is 393 Å². The Kier molecular flexibility index (Phi) is 18.8. The van der Waals surface area contributed by atoms with Crippen LogP contribution in [0.25, 0.3) is 0 Å². The van der Waals surface area contributed by atoms with Crippen molar-refractivity contribution in [2.75, 3.05) is 0 Å². The van der Waals surface area contributed by atoms with Gasteiger partial charge in [0.2, 0.25) is 0 Å². The maximum absolute atomic E-state index is 14.0. The Hall–Kier alpha value is -3.39. The Morgan fingerprint density at radius 3 is 0.831 bits per heavy atom. The Balaban J connectivity index is 0.000000434. The fourth-order valence-corrected chi connectivity index (χ4v) is 7.40. The quantitative estimate of drug-likeness (QED) is 0.122. The van der Waals surface area contributed by atoms with Gasteiger partial charge in [-0.2, -0.15) is 0 Å². The van der Waals surface area contributed by atoms with E-state index in [2.05, 4.69) is 20.8 Å². The highest BCUT2D eigenvalue weighted by Crippen LogP contribution is 2.39. The molecule has 0 radical (unpaired) electrons. The molecule has 0 nitrogen and oxygen atoms in total. The minimum atomic E-state index is -1.30. The second kappa shape index (κ2) is 20.5. The van der Waals surface area contributed by atoms with E-state index in [-0.39, 0.29) is 44.3 Å². The second-order valence-electron chi connectivity index (χ2n) is 25.3. The third kappa shape index (κ3) is 16.1. The predicted octanol–water partition coefficient (Wildman–Crippen LogP) is 18.9. The van der Waals surface area contributed by atoms with E-state index in [1.165, 1.54) is 53.7 Å². The van der Waals surface area contributed by atoms with Gasteiger partial charge in [0.25, 0.3) is 0 Å². The molecular formula is C56H79ClF8. The van der Waals surface area contributed by atoms with Crippen molar-refractivity contribution in [2.24, 2.45) is 0 Å². The van der Waals surface area contributed by atoms with Gasteiger partial charge in [-0.05, 0) is 101 Å². The van der Waals surface area contributed by atoms with Crippen LogP contribution >= 0.6 is 11.6 Å². The first kappa shape index (κ1) is 59.6. The molecule has 0 saturated heterocycles. The molecule has 65 heavy (non-hydrogen) atoms. The van der Waals surface area contributed by atoms with Gasteiger partial charge in [0.15, 0.2) is 23.3 Å². The molecule has 9 heteroatoms. The number of hydrogen-bond acceptors (Lipinski definition) is 0. The van der Waals surface area contributed by atoms with E-state index in [0.29, 0.717) is 16.1 Å². The largest absolute Gasteiger partial charge is 0.207 e. The molecule has 0 aliphatic rings.